The van der Waals surface area contributed by atoms with E-state index in [1.807, 2.05) is 24.3 Å². The average Bonchev–Trinajstić information content (AvgIpc) is 3.10. The second-order valence-electron chi connectivity index (χ2n) is 9.58. The van der Waals surface area contributed by atoms with Crippen molar-refractivity contribution in [3.05, 3.63) is 40.3 Å². The molecule has 33 heavy (non-hydrogen) atoms. The predicted octanol–water partition coefficient (Wildman–Crippen LogP) is 5.52. The number of hydrogen-bond acceptors (Lipinski definition) is 6. The van der Waals surface area contributed by atoms with Crippen molar-refractivity contribution >= 4 is 51.6 Å². The first-order valence-corrected chi connectivity index (χ1v) is 13.0. The molecule has 2 aliphatic rings. The van der Waals surface area contributed by atoms with Crippen molar-refractivity contribution in [3.8, 4) is 0 Å². The van der Waals surface area contributed by atoms with Gasteiger partial charge in [0.15, 0.2) is 0 Å². The minimum absolute atomic E-state index is 0.0281. The molecule has 0 fully saturated rings. The van der Waals surface area contributed by atoms with Crippen LogP contribution in [0, 0.1) is 11.3 Å². The van der Waals surface area contributed by atoms with E-state index in [1.54, 1.807) is 6.92 Å². The molecule has 0 saturated heterocycles. The van der Waals surface area contributed by atoms with Gasteiger partial charge in [-0.15, -0.1) is 23.1 Å². The first-order chi connectivity index (χ1) is 15.7. The van der Waals surface area contributed by atoms with Gasteiger partial charge in [0.2, 0.25) is 11.8 Å². The number of benzene rings is 1. The molecule has 1 aromatic heterocycles. The Bertz CT molecular complexity index is 1090. The van der Waals surface area contributed by atoms with E-state index in [2.05, 4.69) is 31.4 Å². The fraction of sp³-hybridized carbons (Fsp3) is 0.480. The highest BCUT2D eigenvalue weighted by Crippen LogP contribution is 2.45. The Kier molecular flexibility index (Phi) is 6.86. The van der Waals surface area contributed by atoms with Gasteiger partial charge in [-0.1, -0.05) is 32.9 Å². The average molecular weight is 487 g/mol. The highest BCUT2D eigenvalue weighted by Gasteiger charge is 2.35. The first kappa shape index (κ1) is 23.8. The molecule has 2 amide bonds. The lowest BCUT2D eigenvalue weighted by Gasteiger charge is -2.33. The van der Waals surface area contributed by atoms with Crippen LogP contribution in [-0.2, 0) is 27.2 Å². The maximum absolute atomic E-state index is 13.0. The number of para-hydroxylation sites is 1. The molecule has 6 nitrogen and oxygen atoms in total. The number of thioether (sulfide) groups is 1. The molecule has 2 aromatic rings. The Morgan fingerprint density at radius 1 is 1.24 bits per heavy atom. The number of hydrogen-bond donors (Lipinski definition) is 2. The van der Waals surface area contributed by atoms with Gasteiger partial charge in [-0.25, -0.2) is 4.79 Å². The number of carbonyl (C=O) groups excluding carboxylic acids is 3. The lowest BCUT2D eigenvalue weighted by molar-refractivity contribution is -0.120. The van der Waals surface area contributed by atoms with Crippen molar-refractivity contribution in [2.24, 2.45) is 11.3 Å². The predicted molar refractivity (Wildman–Crippen MR) is 133 cm³/mol. The third kappa shape index (κ3) is 5.11. The summed E-state index contributed by atoms with van der Waals surface area (Å²) < 4.78 is 5.32. The zero-order chi connectivity index (χ0) is 23.8. The third-order valence-corrected chi connectivity index (χ3v) is 8.74. The van der Waals surface area contributed by atoms with Crippen LogP contribution in [0.5, 0.6) is 0 Å². The van der Waals surface area contributed by atoms with E-state index < -0.39 is 11.2 Å². The number of anilines is 2. The van der Waals surface area contributed by atoms with Crippen molar-refractivity contribution in [2.75, 3.05) is 17.2 Å². The summed E-state index contributed by atoms with van der Waals surface area (Å²) in [4.78, 5) is 40.4. The van der Waals surface area contributed by atoms with E-state index in [0.29, 0.717) is 16.5 Å². The Morgan fingerprint density at radius 3 is 2.73 bits per heavy atom. The third-order valence-electron chi connectivity index (χ3n) is 6.30. The lowest BCUT2D eigenvalue weighted by Crippen LogP contribution is -2.32. The molecule has 0 spiro atoms. The van der Waals surface area contributed by atoms with E-state index in [-0.39, 0.29) is 30.3 Å². The van der Waals surface area contributed by atoms with Crippen LogP contribution in [0.4, 0.5) is 10.7 Å². The lowest BCUT2D eigenvalue weighted by atomic mass is 9.72. The maximum atomic E-state index is 13.0. The van der Waals surface area contributed by atoms with Gasteiger partial charge in [0, 0.05) is 16.2 Å². The number of nitrogens with one attached hydrogen (secondary N) is 2. The number of thiophene rings is 1. The van der Waals surface area contributed by atoms with Crippen molar-refractivity contribution < 1.29 is 19.1 Å². The van der Waals surface area contributed by atoms with Crippen LogP contribution < -0.4 is 10.6 Å². The van der Waals surface area contributed by atoms with Gasteiger partial charge >= 0.3 is 5.97 Å². The maximum Gasteiger partial charge on any atom is 0.341 e. The van der Waals surface area contributed by atoms with Gasteiger partial charge in [-0.2, -0.15) is 0 Å². The van der Waals surface area contributed by atoms with Gasteiger partial charge < -0.3 is 15.4 Å². The molecule has 2 atom stereocenters. The Hall–Kier alpha value is -2.32. The summed E-state index contributed by atoms with van der Waals surface area (Å²) in [7, 11) is 0. The molecular formula is C25H30N2O4S2. The largest absolute Gasteiger partial charge is 0.462 e. The molecule has 2 heterocycles. The van der Waals surface area contributed by atoms with Crippen LogP contribution in [0.2, 0.25) is 0 Å². The normalized spacial score (nSPS) is 19.8. The van der Waals surface area contributed by atoms with Crippen molar-refractivity contribution in [2.45, 2.75) is 63.5 Å². The summed E-state index contributed by atoms with van der Waals surface area (Å²) in [6.07, 6.45) is 2.73. The minimum atomic E-state index is -0.522. The number of ether oxygens (including phenoxy) is 1. The van der Waals surface area contributed by atoms with Crippen LogP contribution in [0.15, 0.2) is 29.2 Å². The minimum Gasteiger partial charge on any atom is -0.462 e. The number of rotatable bonds is 5. The van der Waals surface area contributed by atoms with Crippen LogP contribution in [0.25, 0.3) is 0 Å². The molecule has 2 unspecified atom stereocenters. The molecule has 2 N–H and O–H groups in total. The summed E-state index contributed by atoms with van der Waals surface area (Å²) in [6.45, 7) is 8.80. The molecule has 8 heteroatoms. The van der Waals surface area contributed by atoms with Crippen LogP contribution in [0.3, 0.4) is 0 Å². The van der Waals surface area contributed by atoms with Crippen molar-refractivity contribution in [1.29, 1.82) is 0 Å². The molecule has 0 radical (unpaired) electrons. The Labute approximate surface area is 202 Å². The molecule has 0 bridgehead atoms. The van der Waals surface area contributed by atoms with Crippen LogP contribution in [0.1, 0.15) is 61.3 Å². The summed E-state index contributed by atoms with van der Waals surface area (Å²) in [6, 6.07) is 7.56. The van der Waals surface area contributed by atoms with E-state index >= 15 is 0 Å². The summed E-state index contributed by atoms with van der Waals surface area (Å²) in [5, 5.41) is 5.83. The first-order valence-electron chi connectivity index (χ1n) is 11.4. The van der Waals surface area contributed by atoms with Crippen molar-refractivity contribution in [3.63, 3.8) is 0 Å². The van der Waals surface area contributed by atoms with Crippen LogP contribution in [-0.4, -0.2) is 29.6 Å². The quantitative estimate of drug-likeness (QED) is 0.544. The molecule has 1 aliphatic heterocycles. The topological polar surface area (TPSA) is 84.5 Å². The zero-order valence-corrected chi connectivity index (χ0v) is 21.1. The second-order valence-corrected chi connectivity index (χ2v) is 11.9. The summed E-state index contributed by atoms with van der Waals surface area (Å²) in [5.41, 5.74) is 2.45. The summed E-state index contributed by atoms with van der Waals surface area (Å²) in [5.74, 6) is -0.334. The number of esters is 1. The molecule has 1 aliphatic carbocycles. The fourth-order valence-corrected chi connectivity index (χ4v) is 6.85. The Morgan fingerprint density at radius 2 is 2.00 bits per heavy atom. The molecule has 4 rings (SSSR count). The number of amides is 2. The molecule has 176 valence electrons. The molecule has 1 aromatic carbocycles. The van der Waals surface area contributed by atoms with E-state index in [0.717, 1.165) is 40.3 Å². The van der Waals surface area contributed by atoms with Gasteiger partial charge in [0.05, 0.1) is 23.1 Å². The van der Waals surface area contributed by atoms with E-state index in [4.69, 9.17) is 4.74 Å². The number of fused-ring (bicyclic) bond motifs is 2. The van der Waals surface area contributed by atoms with E-state index in [1.165, 1.54) is 23.1 Å². The monoisotopic (exact) mass is 486 g/mol. The Balaban J connectivity index is 1.53. The zero-order valence-electron chi connectivity index (χ0n) is 19.4. The highest BCUT2D eigenvalue weighted by atomic mass is 32.2. The molecular weight excluding hydrogens is 456 g/mol. The smallest absolute Gasteiger partial charge is 0.341 e. The fourth-order valence-electron chi connectivity index (χ4n) is 4.41. The van der Waals surface area contributed by atoms with Crippen LogP contribution >= 0.6 is 23.1 Å². The van der Waals surface area contributed by atoms with Crippen molar-refractivity contribution in [1.82, 2.24) is 0 Å². The summed E-state index contributed by atoms with van der Waals surface area (Å²) >= 11 is 2.87. The second kappa shape index (κ2) is 9.50. The standard InChI is InChI=1S/C25H30N2O4S2/c1-5-31-24(30)21-15-11-10-14(25(2,3)4)12-18(15)33-23(21)27-20(28)13-19-22(29)26-16-8-6-7-9-17(16)32-19/h6-9,14,19H,5,10-13H2,1-4H3,(H,26,29)(H,27,28). The molecule has 0 saturated carbocycles. The van der Waals surface area contributed by atoms with E-state index in [9.17, 15) is 14.4 Å². The number of carbonyl (C=O) groups is 3. The highest BCUT2D eigenvalue weighted by molar-refractivity contribution is 8.01. The van der Waals surface area contributed by atoms with Gasteiger partial charge in [0.25, 0.3) is 0 Å². The SMILES string of the molecule is CCOC(=O)c1c(NC(=O)CC2Sc3ccccc3NC2=O)sc2c1CCC(C(C)(C)C)C2. The van der Waals surface area contributed by atoms with Gasteiger partial charge in [-0.05, 0) is 55.2 Å². The van der Waals surface area contributed by atoms with Gasteiger partial charge in [-0.3, -0.25) is 9.59 Å². The van der Waals surface area contributed by atoms with Gasteiger partial charge in [0.1, 0.15) is 5.00 Å².